The molecule has 96 valence electrons. The molecule has 1 atom stereocenters. The van der Waals surface area contributed by atoms with Gasteiger partial charge in [0.25, 0.3) is 0 Å². The van der Waals surface area contributed by atoms with Gasteiger partial charge in [-0.05, 0) is 32.7 Å². The Balaban J connectivity index is 2.57. The summed E-state index contributed by atoms with van der Waals surface area (Å²) in [5.74, 6) is 0. The third-order valence-electron chi connectivity index (χ3n) is 2.64. The smallest absolute Gasteiger partial charge is 0.0756 e. The maximum Gasteiger partial charge on any atom is 0.0756 e. The summed E-state index contributed by atoms with van der Waals surface area (Å²) in [4.78, 5) is 8.75. The van der Waals surface area contributed by atoms with Gasteiger partial charge in [0.1, 0.15) is 0 Å². The van der Waals surface area contributed by atoms with Gasteiger partial charge in [-0.2, -0.15) is 0 Å². The van der Waals surface area contributed by atoms with E-state index in [2.05, 4.69) is 22.2 Å². The van der Waals surface area contributed by atoms with Gasteiger partial charge in [-0.25, -0.2) is 0 Å². The van der Waals surface area contributed by atoms with Crippen molar-refractivity contribution in [1.82, 2.24) is 15.3 Å². The summed E-state index contributed by atoms with van der Waals surface area (Å²) in [5, 5.41) is 3.51. The molecule has 0 aliphatic heterocycles. The molecule has 1 unspecified atom stereocenters. The van der Waals surface area contributed by atoms with Gasteiger partial charge in [0.05, 0.1) is 23.6 Å². The number of hydrogen-bond donors (Lipinski definition) is 1. The summed E-state index contributed by atoms with van der Waals surface area (Å²) < 4.78 is 5.09. The third-order valence-corrected chi connectivity index (χ3v) is 2.64. The van der Waals surface area contributed by atoms with Gasteiger partial charge in [-0.3, -0.25) is 9.97 Å². The molecule has 0 radical (unpaired) electrons. The van der Waals surface area contributed by atoms with E-state index in [1.807, 2.05) is 19.3 Å². The molecular formula is C13H23N3O. The lowest BCUT2D eigenvalue weighted by Gasteiger charge is -2.17. The van der Waals surface area contributed by atoms with Gasteiger partial charge in [0.2, 0.25) is 0 Å². The molecule has 0 saturated carbocycles. The van der Waals surface area contributed by atoms with Crippen LogP contribution >= 0.6 is 0 Å². The van der Waals surface area contributed by atoms with Crippen molar-refractivity contribution in [2.75, 3.05) is 20.3 Å². The van der Waals surface area contributed by atoms with Crippen LogP contribution in [0.4, 0.5) is 0 Å². The Labute approximate surface area is 104 Å². The number of aromatic nitrogens is 2. The Hall–Kier alpha value is -1.00. The largest absolute Gasteiger partial charge is 0.385 e. The van der Waals surface area contributed by atoms with Gasteiger partial charge in [-0.1, -0.05) is 6.92 Å². The Bertz CT molecular complexity index is 300. The molecule has 0 fully saturated rings. The molecule has 0 aliphatic rings. The van der Waals surface area contributed by atoms with Crippen molar-refractivity contribution in [1.29, 1.82) is 0 Å². The lowest BCUT2D eigenvalue weighted by atomic mass is 10.1. The molecule has 4 nitrogen and oxygen atoms in total. The fourth-order valence-corrected chi connectivity index (χ4v) is 1.69. The van der Waals surface area contributed by atoms with Crippen LogP contribution < -0.4 is 5.32 Å². The topological polar surface area (TPSA) is 47.0 Å². The van der Waals surface area contributed by atoms with E-state index >= 15 is 0 Å². The molecule has 0 spiro atoms. The number of hydrogen-bond acceptors (Lipinski definition) is 4. The van der Waals surface area contributed by atoms with Crippen LogP contribution in [0.5, 0.6) is 0 Å². The monoisotopic (exact) mass is 237 g/mol. The van der Waals surface area contributed by atoms with Crippen LogP contribution in [0.3, 0.4) is 0 Å². The van der Waals surface area contributed by atoms with Crippen LogP contribution in [0.2, 0.25) is 0 Å². The zero-order valence-electron chi connectivity index (χ0n) is 11.1. The first-order chi connectivity index (χ1) is 8.27. The summed E-state index contributed by atoms with van der Waals surface area (Å²) in [7, 11) is 1.74. The molecule has 1 aromatic heterocycles. The highest BCUT2D eigenvalue weighted by molar-refractivity contribution is 5.05. The van der Waals surface area contributed by atoms with Crippen molar-refractivity contribution in [3.05, 3.63) is 23.8 Å². The summed E-state index contributed by atoms with van der Waals surface area (Å²) >= 11 is 0. The van der Waals surface area contributed by atoms with E-state index in [1.54, 1.807) is 7.11 Å². The minimum absolute atomic E-state index is 0.290. The fraction of sp³-hybridized carbons (Fsp3) is 0.692. The second-order valence-electron chi connectivity index (χ2n) is 4.22. The summed E-state index contributed by atoms with van der Waals surface area (Å²) in [5.41, 5.74) is 1.99. The zero-order valence-corrected chi connectivity index (χ0v) is 11.1. The Kier molecular flexibility index (Phi) is 6.74. The maximum absolute atomic E-state index is 5.09. The lowest BCUT2D eigenvalue weighted by molar-refractivity contribution is 0.188. The normalized spacial score (nSPS) is 12.6. The van der Waals surface area contributed by atoms with Gasteiger partial charge in [0.15, 0.2) is 0 Å². The molecule has 1 N–H and O–H groups in total. The second-order valence-corrected chi connectivity index (χ2v) is 4.22. The molecule has 17 heavy (non-hydrogen) atoms. The molecule has 0 bridgehead atoms. The van der Waals surface area contributed by atoms with E-state index in [0.29, 0.717) is 0 Å². The maximum atomic E-state index is 5.09. The summed E-state index contributed by atoms with van der Waals surface area (Å²) in [6, 6.07) is 0.290. The molecule has 1 heterocycles. The first-order valence-corrected chi connectivity index (χ1v) is 6.28. The third kappa shape index (κ3) is 5.24. The van der Waals surface area contributed by atoms with Crippen LogP contribution in [0, 0.1) is 6.92 Å². The number of aryl methyl sites for hydroxylation is 1. The van der Waals surface area contributed by atoms with Gasteiger partial charge in [0, 0.05) is 19.9 Å². The second kappa shape index (κ2) is 8.14. The highest BCUT2D eigenvalue weighted by atomic mass is 16.5. The molecule has 0 aliphatic carbocycles. The van der Waals surface area contributed by atoms with Gasteiger partial charge >= 0.3 is 0 Å². The number of nitrogens with zero attached hydrogens (tertiary/aromatic N) is 2. The van der Waals surface area contributed by atoms with Crippen molar-refractivity contribution in [2.24, 2.45) is 0 Å². The SMILES string of the molecule is CCCNC(CCCOC)c1cnc(C)cn1. The van der Waals surface area contributed by atoms with Crippen molar-refractivity contribution in [3.63, 3.8) is 0 Å². The molecule has 4 heteroatoms. The van der Waals surface area contributed by atoms with E-state index in [9.17, 15) is 0 Å². The van der Waals surface area contributed by atoms with Crippen molar-refractivity contribution in [3.8, 4) is 0 Å². The van der Waals surface area contributed by atoms with E-state index in [4.69, 9.17) is 4.74 Å². The van der Waals surface area contributed by atoms with Crippen LogP contribution in [-0.4, -0.2) is 30.2 Å². The van der Waals surface area contributed by atoms with Crippen molar-refractivity contribution < 1.29 is 4.74 Å². The van der Waals surface area contributed by atoms with E-state index in [0.717, 1.165) is 43.8 Å². The minimum Gasteiger partial charge on any atom is -0.385 e. The van der Waals surface area contributed by atoms with Crippen LogP contribution in [0.25, 0.3) is 0 Å². The van der Waals surface area contributed by atoms with Crippen molar-refractivity contribution >= 4 is 0 Å². The Morgan fingerprint density at radius 2 is 2.18 bits per heavy atom. The first-order valence-electron chi connectivity index (χ1n) is 6.28. The van der Waals surface area contributed by atoms with Crippen LogP contribution in [0.15, 0.2) is 12.4 Å². The van der Waals surface area contributed by atoms with Gasteiger partial charge in [-0.15, -0.1) is 0 Å². The standard InChI is InChI=1S/C13H23N3O/c1-4-7-14-12(6-5-8-17-3)13-10-15-11(2)9-16-13/h9-10,12,14H,4-8H2,1-3H3. The van der Waals surface area contributed by atoms with E-state index in [1.165, 1.54) is 0 Å². The first kappa shape index (κ1) is 14.1. The zero-order chi connectivity index (χ0) is 12.5. The number of nitrogens with one attached hydrogen (secondary N) is 1. The van der Waals surface area contributed by atoms with Crippen LogP contribution in [0.1, 0.15) is 43.6 Å². The minimum atomic E-state index is 0.290. The average molecular weight is 237 g/mol. The molecule has 1 rings (SSSR count). The van der Waals surface area contributed by atoms with Crippen molar-refractivity contribution in [2.45, 2.75) is 39.2 Å². The Morgan fingerprint density at radius 1 is 1.35 bits per heavy atom. The van der Waals surface area contributed by atoms with Gasteiger partial charge < -0.3 is 10.1 Å². The molecule has 0 amide bonds. The highest BCUT2D eigenvalue weighted by Crippen LogP contribution is 2.15. The number of rotatable bonds is 8. The van der Waals surface area contributed by atoms with Crippen LogP contribution in [-0.2, 0) is 4.74 Å². The number of ether oxygens (including phenoxy) is 1. The average Bonchev–Trinajstić information content (AvgIpc) is 2.35. The van der Waals surface area contributed by atoms with E-state index in [-0.39, 0.29) is 6.04 Å². The predicted molar refractivity (Wildman–Crippen MR) is 68.9 cm³/mol. The number of methoxy groups -OCH3 is 1. The highest BCUT2D eigenvalue weighted by Gasteiger charge is 2.11. The summed E-state index contributed by atoms with van der Waals surface area (Å²) in [6.07, 6.45) is 6.89. The lowest BCUT2D eigenvalue weighted by Crippen LogP contribution is -2.23. The molecular weight excluding hydrogens is 214 g/mol. The quantitative estimate of drug-likeness (QED) is 0.704. The molecule has 0 saturated heterocycles. The van der Waals surface area contributed by atoms with E-state index < -0.39 is 0 Å². The fourth-order valence-electron chi connectivity index (χ4n) is 1.69. The summed E-state index contributed by atoms with van der Waals surface area (Å²) in [6.45, 7) is 5.92. The molecule has 1 aromatic rings. The predicted octanol–water partition coefficient (Wildman–Crippen LogP) is 2.25. The molecule has 0 aromatic carbocycles. The Morgan fingerprint density at radius 3 is 2.76 bits per heavy atom.